The number of carbonyl (C=O) groups is 1. The van der Waals surface area contributed by atoms with Crippen molar-refractivity contribution in [1.29, 1.82) is 0 Å². The summed E-state index contributed by atoms with van der Waals surface area (Å²) in [5.41, 5.74) is 4.05. The van der Waals surface area contributed by atoms with Crippen molar-refractivity contribution in [3.63, 3.8) is 0 Å². The van der Waals surface area contributed by atoms with E-state index in [-0.39, 0.29) is 5.91 Å². The van der Waals surface area contributed by atoms with Gasteiger partial charge in [-0.2, -0.15) is 4.98 Å². The average Bonchev–Trinajstić information content (AvgIpc) is 3.27. The van der Waals surface area contributed by atoms with Crippen molar-refractivity contribution < 1.29 is 9.53 Å². The molecule has 0 saturated carbocycles. The highest BCUT2D eigenvalue weighted by Crippen LogP contribution is 2.36. The zero-order chi connectivity index (χ0) is 26.6. The van der Waals surface area contributed by atoms with Crippen LogP contribution < -0.4 is 20.3 Å². The summed E-state index contributed by atoms with van der Waals surface area (Å²) >= 11 is 0. The van der Waals surface area contributed by atoms with Gasteiger partial charge < -0.3 is 29.7 Å². The molecule has 0 aliphatic carbocycles. The van der Waals surface area contributed by atoms with Gasteiger partial charge >= 0.3 is 0 Å². The Labute approximate surface area is 222 Å². The van der Waals surface area contributed by atoms with Gasteiger partial charge in [-0.1, -0.05) is 24.8 Å². The van der Waals surface area contributed by atoms with Gasteiger partial charge in [0.15, 0.2) is 5.82 Å². The molecule has 0 unspecified atom stereocenters. The number of pyridine rings is 1. The van der Waals surface area contributed by atoms with E-state index in [0.717, 1.165) is 48.3 Å². The number of hydrogen-bond acceptors (Lipinski definition) is 8. The van der Waals surface area contributed by atoms with E-state index in [1.54, 1.807) is 6.20 Å². The molecule has 10 heteroatoms. The molecule has 0 atom stereocenters. The van der Waals surface area contributed by atoms with Crippen LogP contribution in [0.3, 0.4) is 0 Å². The van der Waals surface area contributed by atoms with Crippen LogP contribution in [-0.4, -0.2) is 70.2 Å². The van der Waals surface area contributed by atoms with E-state index in [2.05, 4.69) is 61.9 Å². The van der Waals surface area contributed by atoms with Gasteiger partial charge in [0.25, 0.3) is 0 Å². The van der Waals surface area contributed by atoms with Crippen LogP contribution in [0, 0.1) is 0 Å². The second-order valence-electron chi connectivity index (χ2n) is 9.19. The first-order valence-electron chi connectivity index (χ1n) is 12.7. The van der Waals surface area contributed by atoms with E-state index in [0.29, 0.717) is 35.6 Å². The number of benzene rings is 1. The molecule has 1 saturated heterocycles. The summed E-state index contributed by atoms with van der Waals surface area (Å²) < 4.78 is 8.01. The number of likely N-dealkylation sites (N-methyl/N-ethyl adjacent to an activating group) is 1. The molecule has 1 aliphatic heterocycles. The summed E-state index contributed by atoms with van der Waals surface area (Å²) in [7, 11) is 4.11. The van der Waals surface area contributed by atoms with E-state index in [4.69, 9.17) is 14.7 Å². The van der Waals surface area contributed by atoms with E-state index in [1.807, 2.05) is 38.2 Å². The Hall–Kier alpha value is -4.44. The largest absolute Gasteiger partial charge is 0.476 e. The van der Waals surface area contributed by atoms with Crippen LogP contribution in [-0.2, 0) is 11.8 Å². The molecular weight excluding hydrogens is 480 g/mol. The molecule has 3 aromatic heterocycles. The minimum Gasteiger partial charge on any atom is -0.476 e. The molecule has 0 spiro atoms. The number of piperazine rings is 1. The van der Waals surface area contributed by atoms with Gasteiger partial charge in [0.1, 0.15) is 5.69 Å². The molecule has 1 aliphatic rings. The highest BCUT2D eigenvalue weighted by atomic mass is 16.5. The third kappa shape index (κ3) is 5.16. The maximum Gasteiger partial charge on any atom is 0.247 e. The summed E-state index contributed by atoms with van der Waals surface area (Å²) in [6, 6.07) is 11.9. The van der Waals surface area contributed by atoms with Crippen molar-refractivity contribution in [2.75, 3.05) is 55.4 Å². The summed E-state index contributed by atoms with van der Waals surface area (Å²) in [6.45, 7) is 9.30. The standard InChI is InChI=1S/C28H32N8O2/c1-5-25(37)30-22-17-23(27(38-6-2)33-26(22)36-15-13-34(3)14-16-36)32-28-29-12-11-21(31-28)20-18-35(4)24-10-8-7-9-19(20)24/h5,7-12,17-18H,1,6,13-16H2,2-4H3,(H,30,37)(H,29,31,32). The Morgan fingerprint density at radius 3 is 2.66 bits per heavy atom. The van der Waals surface area contributed by atoms with Gasteiger partial charge in [0.05, 0.1) is 18.0 Å². The van der Waals surface area contributed by atoms with Gasteiger partial charge in [-0.05, 0) is 38.2 Å². The number of amides is 1. The zero-order valence-corrected chi connectivity index (χ0v) is 21.9. The van der Waals surface area contributed by atoms with Crippen LogP contribution >= 0.6 is 0 Å². The van der Waals surface area contributed by atoms with Gasteiger partial charge in [0.2, 0.25) is 17.7 Å². The Kier molecular flexibility index (Phi) is 7.23. The molecule has 2 N–H and O–H groups in total. The molecule has 38 heavy (non-hydrogen) atoms. The number of carbonyl (C=O) groups excluding carboxylic acids is 1. The van der Waals surface area contributed by atoms with Crippen LogP contribution in [0.1, 0.15) is 6.92 Å². The van der Waals surface area contributed by atoms with Crippen LogP contribution in [0.2, 0.25) is 0 Å². The third-order valence-corrected chi connectivity index (χ3v) is 6.57. The quantitative estimate of drug-likeness (QED) is 0.341. The Morgan fingerprint density at radius 1 is 1.11 bits per heavy atom. The average molecular weight is 513 g/mol. The molecule has 4 heterocycles. The molecule has 0 radical (unpaired) electrons. The zero-order valence-electron chi connectivity index (χ0n) is 21.9. The smallest absolute Gasteiger partial charge is 0.247 e. The fourth-order valence-electron chi connectivity index (χ4n) is 4.59. The van der Waals surface area contributed by atoms with Crippen molar-refractivity contribution in [2.45, 2.75) is 6.92 Å². The lowest BCUT2D eigenvalue weighted by Crippen LogP contribution is -2.45. The summed E-state index contributed by atoms with van der Waals surface area (Å²) in [5.74, 6) is 1.16. The van der Waals surface area contributed by atoms with Crippen molar-refractivity contribution >= 4 is 40.0 Å². The van der Waals surface area contributed by atoms with E-state index in [9.17, 15) is 4.79 Å². The molecule has 1 aromatic carbocycles. The molecule has 196 valence electrons. The number of nitrogens with one attached hydrogen (secondary N) is 2. The minimum atomic E-state index is -0.313. The molecule has 10 nitrogen and oxygen atoms in total. The van der Waals surface area contributed by atoms with Crippen LogP contribution in [0.25, 0.3) is 22.2 Å². The summed E-state index contributed by atoms with van der Waals surface area (Å²) in [5, 5.41) is 7.29. The number of aromatic nitrogens is 4. The minimum absolute atomic E-state index is 0.313. The first-order valence-corrected chi connectivity index (χ1v) is 12.7. The Bertz CT molecular complexity index is 1470. The van der Waals surface area contributed by atoms with Crippen molar-refractivity contribution in [2.24, 2.45) is 7.05 Å². The van der Waals surface area contributed by atoms with Gasteiger partial charge in [-0.3, -0.25) is 4.79 Å². The number of anilines is 4. The Balaban J connectivity index is 1.52. The fraction of sp³-hybridized carbons (Fsp3) is 0.286. The van der Waals surface area contributed by atoms with Gasteiger partial charge in [-0.25, -0.2) is 9.97 Å². The lowest BCUT2D eigenvalue weighted by Gasteiger charge is -2.34. The van der Waals surface area contributed by atoms with Crippen molar-refractivity contribution in [1.82, 2.24) is 24.4 Å². The lowest BCUT2D eigenvalue weighted by atomic mass is 10.1. The monoisotopic (exact) mass is 512 g/mol. The molecule has 4 aromatic rings. The maximum absolute atomic E-state index is 12.3. The number of nitrogens with zero attached hydrogens (tertiary/aromatic N) is 6. The van der Waals surface area contributed by atoms with Crippen molar-refractivity contribution in [3.8, 4) is 17.1 Å². The highest BCUT2D eigenvalue weighted by molar-refractivity contribution is 6.01. The second kappa shape index (κ2) is 10.9. The number of para-hydroxylation sites is 1. The second-order valence-corrected chi connectivity index (χ2v) is 9.19. The number of ether oxygens (including phenoxy) is 1. The lowest BCUT2D eigenvalue weighted by molar-refractivity contribution is -0.111. The Morgan fingerprint density at radius 2 is 1.89 bits per heavy atom. The van der Waals surface area contributed by atoms with Gasteiger partial charge in [0, 0.05) is 62.1 Å². The predicted molar refractivity (Wildman–Crippen MR) is 151 cm³/mol. The third-order valence-electron chi connectivity index (χ3n) is 6.57. The summed E-state index contributed by atoms with van der Waals surface area (Å²) in [6.07, 6.45) is 5.03. The van der Waals surface area contributed by atoms with Crippen LogP contribution in [0.15, 0.2) is 61.4 Å². The van der Waals surface area contributed by atoms with E-state index in [1.165, 1.54) is 6.08 Å². The summed E-state index contributed by atoms with van der Waals surface area (Å²) in [4.78, 5) is 30.8. The van der Waals surface area contributed by atoms with Crippen molar-refractivity contribution in [3.05, 3.63) is 61.4 Å². The number of fused-ring (bicyclic) bond motifs is 1. The highest BCUT2D eigenvalue weighted by Gasteiger charge is 2.23. The van der Waals surface area contributed by atoms with Crippen LogP contribution in [0.4, 0.5) is 23.1 Å². The maximum atomic E-state index is 12.3. The van der Waals surface area contributed by atoms with E-state index >= 15 is 0 Å². The number of aryl methyl sites for hydroxylation is 1. The molecular formula is C28H32N8O2. The first-order chi connectivity index (χ1) is 18.5. The molecule has 1 fully saturated rings. The predicted octanol–water partition coefficient (Wildman–Crippen LogP) is 4.05. The van der Waals surface area contributed by atoms with Gasteiger partial charge in [-0.15, -0.1) is 0 Å². The van der Waals surface area contributed by atoms with Crippen LogP contribution in [0.5, 0.6) is 5.88 Å². The first kappa shape index (κ1) is 25.2. The normalized spacial score (nSPS) is 13.9. The molecule has 5 rings (SSSR count). The van der Waals surface area contributed by atoms with E-state index < -0.39 is 0 Å². The fourth-order valence-corrected chi connectivity index (χ4v) is 4.59. The number of rotatable bonds is 8. The topological polar surface area (TPSA) is 100 Å². The number of hydrogen-bond donors (Lipinski definition) is 2. The molecule has 0 bridgehead atoms. The molecule has 1 amide bonds. The SMILES string of the molecule is C=CC(=O)Nc1cc(Nc2nccc(-c3cn(C)c4ccccc34)n2)c(OCC)nc1N1CCN(C)CC1.